The van der Waals surface area contributed by atoms with Crippen molar-refractivity contribution in [3.8, 4) is 27.9 Å². The molecule has 0 spiro atoms. The van der Waals surface area contributed by atoms with Crippen molar-refractivity contribution in [2.45, 2.75) is 33.4 Å². The Kier molecular flexibility index (Phi) is 6.23. The summed E-state index contributed by atoms with van der Waals surface area (Å²) >= 11 is 3.92. The van der Waals surface area contributed by atoms with Gasteiger partial charge in [-0.05, 0) is 87.3 Å². The van der Waals surface area contributed by atoms with E-state index in [0.717, 1.165) is 54.6 Å². The Bertz CT molecular complexity index is 3870. The molecule has 0 saturated heterocycles. The maximum Gasteiger partial charge on any atom is 0.249 e. The minimum absolute atomic E-state index is 0.0115. The Labute approximate surface area is 370 Å². The fraction of sp³-hybridized carbons (Fsp3) is 0.0357. The van der Waals surface area contributed by atoms with Crippen LogP contribution in [0.5, 0.6) is 0 Å². The van der Waals surface area contributed by atoms with E-state index in [9.17, 15) is 0 Å². The number of rotatable bonds is 2. The predicted octanol–water partition coefficient (Wildman–Crippen LogP) is 11.1. The van der Waals surface area contributed by atoms with E-state index >= 15 is 0 Å². The molecule has 4 aliphatic rings. The average molecular weight is 836 g/mol. The van der Waals surface area contributed by atoms with Gasteiger partial charge in [-0.1, -0.05) is 168 Å². The van der Waals surface area contributed by atoms with Crippen molar-refractivity contribution < 1.29 is 8.83 Å². The lowest BCUT2D eigenvalue weighted by Gasteiger charge is -2.41. The van der Waals surface area contributed by atoms with E-state index in [4.69, 9.17) is 8.83 Å². The van der Waals surface area contributed by atoms with Gasteiger partial charge in [-0.3, -0.25) is 0 Å². The van der Waals surface area contributed by atoms with Gasteiger partial charge in [-0.2, -0.15) is 0 Å². The van der Waals surface area contributed by atoms with Gasteiger partial charge in [0.1, 0.15) is 22.3 Å². The summed E-state index contributed by atoms with van der Waals surface area (Å²) in [6.07, 6.45) is 0. The molecule has 0 amide bonds. The molecular weight excluding hydrogens is 804 g/mol. The molecule has 0 bridgehead atoms. The highest BCUT2D eigenvalue weighted by molar-refractivity contribution is 8.01. The molecule has 0 N–H and O–H groups in total. The normalized spacial score (nSPS) is 14.0. The fourth-order valence-electron chi connectivity index (χ4n) is 12.1. The molecule has 7 heteroatoms. The van der Waals surface area contributed by atoms with Gasteiger partial charge in [0.05, 0.1) is 21.8 Å². The van der Waals surface area contributed by atoms with Gasteiger partial charge in [0.25, 0.3) is 0 Å². The molecule has 63 heavy (non-hydrogen) atoms. The molecule has 3 nitrogen and oxygen atoms in total. The zero-order chi connectivity index (χ0) is 41.0. The van der Waals surface area contributed by atoms with Gasteiger partial charge in [0, 0.05) is 46.8 Å². The molecule has 0 aliphatic carbocycles. The summed E-state index contributed by atoms with van der Waals surface area (Å²) in [5, 5.41) is 6.93. The van der Waals surface area contributed by atoms with Crippen molar-refractivity contribution in [3.63, 3.8) is 0 Å². The molecule has 16 rings (SSSR count). The van der Waals surface area contributed by atoms with Gasteiger partial charge < -0.3 is 13.4 Å². The molecule has 9 aromatic carbocycles. The monoisotopic (exact) mass is 835 g/mol. The van der Waals surface area contributed by atoms with Crippen molar-refractivity contribution in [3.05, 3.63) is 163 Å². The summed E-state index contributed by atoms with van der Waals surface area (Å²) in [4.78, 5) is 5.36. The molecule has 0 atom stereocenters. The Morgan fingerprint density at radius 2 is 0.921 bits per heavy atom. The molecule has 0 radical (unpaired) electrons. The van der Waals surface area contributed by atoms with Crippen LogP contribution in [0.15, 0.2) is 180 Å². The summed E-state index contributed by atoms with van der Waals surface area (Å²) in [7, 11) is 0. The van der Waals surface area contributed by atoms with Crippen molar-refractivity contribution in [1.82, 2.24) is 4.57 Å². The number of nitrogens with zero attached hydrogens (tertiary/aromatic N) is 1. The fourth-order valence-corrected chi connectivity index (χ4v) is 14.8. The number of furan rings is 2. The number of aryl methyl sites for hydroxylation is 2. The van der Waals surface area contributed by atoms with Crippen LogP contribution in [0.2, 0.25) is 0 Å². The van der Waals surface area contributed by atoms with E-state index in [-0.39, 0.29) is 13.4 Å². The van der Waals surface area contributed by atoms with E-state index in [0.29, 0.717) is 0 Å². The third kappa shape index (κ3) is 4.10. The lowest BCUT2D eigenvalue weighted by atomic mass is 9.31. The molecule has 0 saturated carbocycles. The van der Waals surface area contributed by atoms with E-state index in [1.165, 1.54) is 102 Å². The minimum Gasteiger partial charge on any atom is -0.455 e. The third-order valence-electron chi connectivity index (χ3n) is 14.6. The molecule has 12 aromatic rings. The second-order valence-electron chi connectivity index (χ2n) is 18.0. The Balaban J connectivity index is 1.16. The highest BCUT2D eigenvalue weighted by atomic mass is 32.2. The molecule has 7 heterocycles. The smallest absolute Gasteiger partial charge is 0.249 e. The summed E-state index contributed by atoms with van der Waals surface area (Å²) in [6, 6.07) is 56.9. The summed E-state index contributed by atoms with van der Waals surface area (Å²) < 4.78 is 17.0. The highest BCUT2D eigenvalue weighted by Gasteiger charge is 2.49. The van der Waals surface area contributed by atoms with Crippen LogP contribution < -0.4 is 32.8 Å². The number of hydrogen-bond donors (Lipinski definition) is 0. The minimum atomic E-state index is 0.0115. The van der Waals surface area contributed by atoms with Crippen LogP contribution in [-0.4, -0.2) is 18.0 Å². The lowest BCUT2D eigenvalue weighted by Crippen LogP contribution is -2.65. The van der Waals surface area contributed by atoms with Gasteiger partial charge in [0.15, 0.2) is 0 Å². The van der Waals surface area contributed by atoms with Crippen molar-refractivity contribution in [2.75, 3.05) is 0 Å². The molecule has 0 unspecified atom stereocenters. The number of benzene rings is 9. The van der Waals surface area contributed by atoms with Crippen LogP contribution in [0.25, 0.3) is 93.6 Å². The van der Waals surface area contributed by atoms with Gasteiger partial charge in [-0.25, -0.2) is 0 Å². The largest absolute Gasteiger partial charge is 0.455 e. The highest BCUT2D eigenvalue weighted by Crippen LogP contribution is 2.50. The van der Waals surface area contributed by atoms with Crippen LogP contribution >= 0.6 is 23.5 Å². The zero-order valence-corrected chi connectivity index (χ0v) is 35.8. The van der Waals surface area contributed by atoms with E-state index in [2.05, 4.69) is 170 Å². The maximum atomic E-state index is 7.18. The topological polar surface area (TPSA) is 31.2 Å². The number of fused-ring (bicyclic) bond motifs is 15. The number of aromatic nitrogens is 1. The molecule has 4 aliphatic heterocycles. The van der Waals surface area contributed by atoms with Crippen molar-refractivity contribution in [1.29, 1.82) is 0 Å². The summed E-state index contributed by atoms with van der Waals surface area (Å²) in [5.74, 6) is 0. The van der Waals surface area contributed by atoms with Crippen LogP contribution in [0.1, 0.15) is 11.1 Å². The van der Waals surface area contributed by atoms with Gasteiger partial charge in [0.2, 0.25) is 13.4 Å². The van der Waals surface area contributed by atoms with E-state index in [1.807, 2.05) is 23.5 Å². The van der Waals surface area contributed by atoms with Crippen LogP contribution in [0.3, 0.4) is 0 Å². The first kappa shape index (κ1) is 33.8. The molecular formula is C56H31B2NO2S2. The Hall–Kier alpha value is -6.79. The van der Waals surface area contributed by atoms with Crippen LogP contribution in [-0.2, 0) is 0 Å². The quantitative estimate of drug-likeness (QED) is 0.162. The van der Waals surface area contributed by atoms with E-state index < -0.39 is 0 Å². The summed E-state index contributed by atoms with van der Waals surface area (Å²) in [5.41, 5.74) is 23.2. The lowest BCUT2D eigenvalue weighted by molar-refractivity contribution is 0.670. The van der Waals surface area contributed by atoms with Crippen molar-refractivity contribution >= 4 is 135 Å². The number of hydrogen-bond acceptors (Lipinski definition) is 4. The van der Waals surface area contributed by atoms with Crippen LogP contribution in [0, 0.1) is 13.8 Å². The van der Waals surface area contributed by atoms with E-state index in [1.54, 1.807) is 0 Å². The molecule has 290 valence electrons. The average Bonchev–Trinajstić information content (AvgIpc) is 3.99. The SMILES string of the molecule is Cc1ccc2c(c1)oc1c2cc2c3c1c1c4oc5cc(C)ccc5c4cc4c1n3-c1c3c(cc5c1B4c1cccc(-c4ccccc4)c1S5)Sc1c(cccc1-c1ccccc1)B32. The second kappa shape index (κ2) is 11.6. The van der Waals surface area contributed by atoms with Gasteiger partial charge >= 0.3 is 0 Å². The first-order valence-corrected chi connectivity index (χ1v) is 23.4. The Morgan fingerprint density at radius 3 is 1.40 bits per heavy atom. The molecule has 0 fully saturated rings. The standard InChI is InChI=1S/C56H31B2NO2S2/c1-28-19-21-34-36-25-40-50-46(53(36)60-42(34)23-28)47-51-41(26-37-35-22-20-29(2)24-43(35)61-54(37)47)58-39-18-10-16-33(31-13-7-4-8-14-31)56(39)63-45-27-44-48(52(49(45)58)59(50)51)57(40)38-17-9-15-32(55(38)62-44)30-11-5-3-6-12-30/h3-27H,1-2H3. The zero-order valence-electron chi connectivity index (χ0n) is 34.2. The first-order chi connectivity index (χ1) is 31.1. The van der Waals surface area contributed by atoms with Crippen molar-refractivity contribution in [2.24, 2.45) is 0 Å². The molecule has 3 aromatic heterocycles. The van der Waals surface area contributed by atoms with Gasteiger partial charge in [-0.15, -0.1) is 0 Å². The first-order valence-electron chi connectivity index (χ1n) is 21.8. The van der Waals surface area contributed by atoms with Crippen LogP contribution in [0.4, 0.5) is 0 Å². The Morgan fingerprint density at radius 1 is 0.444 bits per heavy atom. The third-order valence-corrected chi connectivity index (χ3v) is 17.0. The maximum absolute atomic E-state index is 7.18. The second-order valence-corrected chi connectivity index (χ2v) is 20.1. The summed E-state index contributed by atoms with van der Waals surface area (Å²) in [6.45, 7) is 4.33. The predicted molar refractivity (Wildman–Crippen MR) is 266 cm³/mol.